The highest BCUT2D eigenvalue weighted by Crippen LogP contribution is 2.04. The van der Waals surface area contributed by atoms with E-state index in [0.29, 0.717) is 19.6 Å². The quantitative estimate of drug-likeness (QED) is 0.840. The predicted molar refractivity (Wildman–Crippen MR) is 94.6 cm³/mol. The van der Waals surface area contributed by atoms with Gasteiger partial charge in [0, 0.05) is 37.9 Å². The van der Waals surface area contributed by atoms with Crippen molar-refractivity contribution in [2.45, 2.75) is 26.1 Å². The molecule has 3 rings (SSSR count). The molecule has 0 spiro atoms. The number of nitrogens with one attached hydrogen (secondary N) is 1. The molecule has 7 nitrogen and oxygen atoms in total. The average Bonchev–Trinajstić information content (AvgIpc) is 2.62. The lowest BCUT2D eigenvalue weighted by molar-refractivity contribution is -0.134. The van der Waals surface area contributed by atoms with E-state index in [2.05, 4.69) is 5.32 Å². The molecule has 1 atom stereocenters. The van der Waals surface area contributed by atoms with Crippen molar-refractivity contribution in [1.82, 2.24) is 19.4 Å². The van der Waals surface area contributed by atoms with Crippen molar-refractivity contribution in [3.8, 4) is 0 Å². The first-order valence-corrected chi connectivity index (χ1v) is 8.40. The lowest BCUT2D eigenvalue weighted by Crippen LogP contribution is -2.54. The van der Waals surface area contributed by atoms with Crippen LogP contribution in [-0.4, -0.2) is 45.6 Å². The second-order valence-corrected chi connectivity index (χ2v) is 6.28. The number of amides is 1. The SMILES string of the molecule is C[C@H]1CNCCN1C(=O)Cn1c(=O)ccn(Cc2ccccc2)c1=O. The molecule has 1 fully saturated rings. The zero-order valence-electron chi connectivity index (χ0n) is 14.2. The van der Waals surface area contributed by atoms with E-state index in [0.717, 1.165) is 16.7 Å². The van der Waals surface area contributed by atoms with Gasteiger partial charge in [-0.05, 0) is 12.5 Å². The molecule has 0 unspecified atom stereocenters. The second-order valence-electron chi connectivity index (χ2n) is 6.28. The van der Waals surface area contributed by atoms with Crippen molar-refractivity contribution < 1.29 is 4.79 Å². The van der Waals surface area contributed by atoms with Gasteiger partial charge in [-0.3, -0.25) is 18.7 Å². The van der Waals surface area contributed by atoms with Crippen molar-refractivity contribution in [2.24, 2.45) is 0 Å². The number of piperazine rings is 1. The normalized spacial score (nSPS) is 17.5. The summed E-state index contributed by atoms with van der Waals surface area (Å²) < 4.78 is 2.46. The summed E-state index contributed by atoms with van der Waals surface area (Å²) in [5.74, 6) is -0.203. The molecule has 1 N–H and O–H groups in total. The standard InChI is InChI=1S/C18H22N4O3/c1-14-11-19-8-10-21(14)17(24)13-22-16(23)7-9-20(18(22)25)12-15-5-3-2-4-6-15/h2-7,9,14,19H,8,10-13H2,1H3/t14-/m0/s1. The van der Waals surface area contributed by atoms with Gasteiger partial charge >= 0.3 is 5.69 Å². The Bertz CT molecular complexity index is 857. The summed E-state index contributed by atoms with van der Waals surface area (Å²) in [6.45, 7) is 4.10. The summed E-state index contributed by atoms with van der Waals surface area (Å²) in [4.78, 5) is 39.0. The number of hydrogen-bond donors (Lipinski definition) is 1. The number of aromatic nitrogens is 2. The molecule has 1 aliphatic heterocycles. The Morgan fingerprint density at radius 3 is 2.68 bits per heavy atom. The first kappa shape index (κ1) is 17.2. The molecule has 0 aliphatic carbocycles. The van der Waals surface area contributed by atoms with Gasteiger partial charge in [0.1, 0.15) is 6.54 Å². The van der Waals surface area contributed by atoms with Crippen molar-refractivity contribution in [1.29, 1.82) is 0 Å². The van der Waals surface area contributed by atoms with E-state index < -0.39 is 11.2 Å². The fourth-order valence-electron chi connectivity index (χ4n) is 3.04. The molecule has 1 amide bonds. The number of benzene rings is 1. The van der Waals surface area contributed by atoms with Gasteiger partial charge < -0.3 is 10.2 Å². The monoisotopic (exact) mass is 342 g/mol. The van der Waals surface area contributed by atoms with E-state index in [9.17, 15) is 14.4 Å². The molecular formula is C18H22N4O3. The van der Waals surface area contributed by atoms with Crippen molar-refractivity contribution in [3.05, 3.63) is 69.0 Å². The lowest BCUT2D eigenvalue weighted by Gasteiger charge is -2.34. The topological polar surface area (TPSA) is 76.3 Å². The maximum atomic E-state index is 12.6. The maximum Gasteiger partial charge on any atom is 0.331 e. The lowest BCUT2D eigenvalue weighted by atomic mass is 10.2. The van der Waals surface area contributed by atoms with E-state index in [4.69, 9.17) is 0 Å². The van der Waals surface area contributed by atoms with Crippen LogP contribution in [0.2, 0.25) is 0 Å². The molecule has 7 heteroatoms. The first-order chi connectivity index (χ1) is 12.1. The average molecular weight is 342 g/mol. The summed E-state index contributed by atoms with van der Waals surface area (Å²) >= 11 is 0. The van der Waals surface area contributed by atoms with Crippen molar-refractivity contribution in [2.75, 3.05) is 19.6 Å². The highest BCUT2D eigenvalue weighted by atomic mass is 16.2. The minimum atomic E-state index is -0.465. The summed E-state index contributed by atoms with van der Waals surface area (Å²) in [5, 5.41) is 3.21. The molecule has 0 saturated carbocycles. The van der Waals surface area contributed by atoms with Crippen LogP contribution in [0.4, 0.5) is 0 Å². The smallest absolute Gasteiger partial charge is 0.331 e. The highest BCUT2D eigenvalue weighted by molar-refractivity contribution is 5.76. The van der Waals surface area contributed by atoms with E-state index in [1.165, 1.54) is 16.8 Å². The second kappa shape index (κ2) is 7.48. The van der Waals surface area contributed by atoms with Crippen molar-refractivity contribution >= 4 is 5.91 Å². The van der Waals surface area contributed by atoms with E-state index in [1.54, 1.807) is 4.90 Å². The Labute approximate surface area is 145 Å². The molecule has 0 bridgehead atoms. The number of hydrogen-bond acceptors (Lipinski definition) is 4. The molecular weight excluding hydrogens is 320 g/mol. The third kappa shape index (κ3) is 3.88. The first-order valence-electron chi connectivity index (χ1n) is 8.40. The summed E-state index contributed by atoms with van der Waals surface area (Å²) in [7, 11) is 0. The number of nitrogens with zero attached hydrogens (tertiary/aromatic N) is 3. The van der Waals surface area contributed by atoms with E-state index in [1.807, 2.05) is 37.3 Å². The fraction of sp³-hybridized carbons (Fsp3) is 0.389. The maximum absolute atomic E-state index is 12.6. The third-order valence-corrected chi connectivity index (χ3v) is 4.45. The van der Waals surface area contributed by atoms with Crippen LogP contribution in [0.25, 0.3) is 0 Å². The van der Waals surface area contributed by atoms with Crippen LogP contribution in [0, 0.1) is 0 Å². The third-order valence-electron chi connectivity index (χ3n) is 4.45. The largest absolute Gasteiger partial charge is 0.336 e. The molecule has 1 saturated heterocycles. The van der Waals surface area contributed by atoms with Gasteiger partial charge in [-0.1, -0.05) is 30.3 Å². The zero-order chi connectivity index (χ0) is 17.8. The van der Waals surface area contributed by atoms with Crippen LogP contribution in [0.15, 0.2) is 52.2 Å². The number of rotatable bonds is 4. The number of carbonyl (C=O) groups excluding carboxylic acids is 1. The Hall–Kier alpha value is -2.67. The molecule has 132 valence electrons. The van der Waals surface area contributed by atoms with Crippen molar-refractivity contribution in [3.63, 3.8) is 0 Å². The van der Waals surface area contributed by atoms with Gasteiger partial charge in [0.15, 0.2) is 0 Å². The molecule has 25 heavy (non-hydrogen) atoms. The Balaban J connectivity index is 1.83. The van der Waals surface area contributed by atoms with E-state index >= 15 is 0 Å². The number of carbonyl (C=O) groups is 1. The summed E-state index contributed by atoms with van der Waals surface area (Å²) in [5.41, 5.74) is 0.0368. The molecule has 1 aliphatic rings. The van der Waals surface area contributed by atoms with Crippen LogP contribution < -0.4 is 16.6 Å². The molecule has 2 aromatic rings. The minimum absolute atomic E-state index is 0.0483. The van der Waals surface area contributed by atoms with Gasteiger partial charge in [0.25, 0.3) is 5.56 Å². The molecule has 1 aromatic carbocycles. The molecule has 0 radical (unpaired) electrons. The van der Waals surface area contributed by atoms with Gasteiger partial charge in [-0.25, -0.2) is 4.79 Å². The van der Waals surface area contributed by atoms with Gasteiger partial charge in [-0.15, -0.1) is 0 Å². The molecule has 1 aromatic heterocycles. The summed E-state index contributed by atoms with van der Waals surface area (Å²) in [6.07, 6.45) is 1.48. The van der Waals surface area contributed by atoms with Crippen LogP contribution in [-0.2, 0) is 17.9 Å². The molecule has 2 heterocycles. The van der Waals surface area contributed by atoms with Gasteiger partial charge in [-0.2, -0.15) is 0 Å². The van der Waals surface area contributed by atoms with Crippen LogP contribution in [0.5, 0.6) is 0 Å². The highest BCUT2D eigenvalue weighted by Gasteiger charge is 2.24. The van der Waals surface area contributed by atoms with Crippen LogP contribution in [0.3, 0.4) is 0 Å². The van der Waals surface area contributed by atoms with E-state index in [-0.39, 0.29) is 18.5 Å². The zero-order valence-corrected chi connectivity index (χ0v) is 14.2. The Kier molecular flexibility index (Phi) is 5.14. The van der Waals surface area contributed by atoms with Crippen LogP contribution in [0.1, 0.15) is 12.5 Å². The van der Waals surface area contributed by atoms with Crippen LogP contribution >= 0.6 is 0 Å². The van der Waals surface area contributed by atoms with Gasteiger partial charge in [0.05, 0.1) is 6.54 Å². The minimum Gasteiger partial charge on any atom is -0.336 e. The fourth-order valence-corrected chi connectivity index (χ4v) is 3.04. The Morgan fingerprint density at radius 1 is 1.20 bits per heavy atom. The van der Waals surface area contributed by atoms with Gasteiger partial charge in [0.2, 0.25) is 5.91 Å². The Morgan fingerprint density at radius 2 is 1.96 bits per heavy atom. The predicted octanol–water partition coefficient (Wildman–Crippen LogP) is -0.121. The summed E-state index contributed by atoms with van der Waals surface area (Å²) in [6, 6.07) is 10.9.